The summed E-state index contributed by atoms with van der Waals surface area (Å²) >= 11 is 0. The highest BCUT2D eigenvalue weighted by atomic mass is 15.2. The zero-order valence-electron chi connectivity index (χ0n) is 59.8. The van der Waals surface area contributed by atoms with Gasteiger partial charge in [0.05, 0.1) is 27.8 Å². The summed E-state index contributed by atoms with van der Waals surface area (Å²) in [6, 6.07) is 107. The van der Waals surface area contributed by atoms with Crippen molar-refractivity contribution in [3.05, 3.63) is 307 Å². The van der Waals surface area contributed by atoms with Gasteiger partial charge in [0.25, 0.3) is 6.71 Å². The van der Waals surface area contributed by atoms with Crippen LogP contribution in [-0.4, -0.2) is 15.8 Å². The molecule has 0 fully saturated rings. The molecule has 0 spiro atoms. The lowest BCUT2D eigenvalue weighted by atomic mass is 9.33. The third-order valence-corrected chi connectivity index (χ3v) is 23.6. The fraction of sp³-hybridized carbons (Fsp3) is 0.188. The molecule has 2 aliphatic heterocycles. The molecular formula is C96H83BN4. The lowest BCUT2D eigenvalue weighted by Gasteiger charge is -2.44. The van der Waals surface area contributed by atoms with Gasteiger partial charge in [0.1, 0.15) is 0 Å². The Balaban J connectivity index is 0.885. The molecule has 490 valence electrons. The summed E-state index contributed by atoms with van der Waals surface area (Å²) in [5, 5.41) is 4.92. The average molecular weight is 1300 g/mol. The second kappa shape index (κ2) is 21.8. The van der Waals surface area contributed by atoms with Gasteiger partial charge in [-0.3, -0.25) is 0 Å². The van der Waals surface area contributed by atoms with E-state index in [2.05, 4.69) is 374 Å². The Labute approximate surface area is 594 Å². The first kappa shape index (κ1) is 61.2. The van der Waals surface area contributed by atoms with Crippen LogP contribution >= 0.6 is 0 Å². The number of para-hydroxylation sites is 3. The smallest absolute Gasteiger partial charge is 0.252 e. The van der Waals surface area contributed by atoms with E-state index in [1.165, 1.54) is 138 Å². The number of hydrogen-bond donors (Lipinski definition) is 0. The van der Waals surface area contributed by atoms with Crippen LogP contribution in [0.3, 0.4) is 0 Å². The predicted octanol–water partition coefficient (Wildman–Crippen LogP) is 23.8. The van der Waals surface area contributed by atoms with Crippen molar-refractivity contribution in [2.45, 2.75) is 116 Å². The molecule has 4 aliphatic rings. The Kier molecular flexibility index (Phi) is 13.2. The van der Waals surface area contributed by atoms with Gasteiger partial charge in [0.2, 0.25) is 0 Å². The van der Waals surface area contributed by atoms with E-state index in [1.54, 1.807) is 0 Å². The molecule has 5 heteroatoms. The summed E-state index contributed by atoms with van der Waals surface area (Å²) in [5.74, 6) is 0. The van der Waals surface area contributed by atoms with Gasteiger partial charge in [-0.15, -0.1) is 0 Å². The first-order valence-electron chi connectivity index (χ1n) is 36.4. The number of hydrogen-bond acceptors (Lipinski definition) is 2. The van der Waals surface area contributed by atoms with Crippen LogP contribution in [-0.2, 0) is 27.1 Å². The predicted molar refractivity (Wildman–Crippen MR) is 431 cm³/mol. The van der Waals surface area contributed by atoms with Crippen molar-refractivity contribution in [1.29, 1.82) is 0 Å². The van der Waals surface area contributed by atoms with E-state index < -0.39 is 0 Å². The van der Waals surface area contributed by atoms with Gasteiger partial charge in [0, 0.05) is 61.4 Å². The van der Waals surface area contributed by atoms with Crippen LogP contribution < -0.4 is 26.2 Å². The summed E-state index contributed by atoms with van der Waals surface area (Å²) < 4.78 is 5.04. The monoisotopic (exact) mass is 1300 g/mol. The summed E-state index contributed by atoms with van der Waals surface area (Å²) in [5.41, 5.74) is 34.8. The van der Waals surface area contributed by atoms with E-state index >= 15 is 0 Å². The summed E-state index contributed by atoms with van der Waals surface area (Å²) in [6.07, 6.45) is 2.26. The second-order valence-corrected chi connectivity index (χ2v) is 33.2. The lowest BCUT2D eigenvalue weighted by Crippen LogP contribution is -2.61. The van der Waals surface area contributed by atoms with Gasteiger partial charge in [-0.1, -0.05) is 270 Å². The zero-order valence-corrected chi connectivity index (χ0v) is 59.8. The molecule has 0 bridgehead atoms. The van der Waals surface area contributed by atoms with Crippen LogP contribution in [0.4, 0.5) is 34.1 Å². The molecule has 0 saturated carbocycles. The molecule has 2 aliphatic carbocycles. The minimum absolute atomic E-state index is 0.0290. The molecule has 4 nitrogen and oxygen atoms in total. The molecule has 0 N–H and O–H groups in total. The van der Waals surface area contributed by atoms with E-state index in [0.29, 0.717) is 0 Å². The molecule has 2 aromatic heterocycles. The van der Waals surface area contributed by atoms with Crippen molar-refractivity contribution in [2.24, 2.45) is 0 Å². The molecule has 101 heavy (non-hydrogen) atoms. The molecule has 13 aromatic carbocycles. The van der Waals surface area contributed by atoms with Gasteiger partial charge in [-0.2, -0.15) is 0 Å². The first-order valence-corrected chi connectivity index (χ1v) is 36.4. The van der Waals surface area contributed by atoms with Crippen LogP contribution in [0.15, 0.2) is 279 Å². The number of nitrogens with zero attached hydrogens (tertiary/aromatic N) is 4. The van der Waals surface area contributed by atoms with E-state index in [-0.39, 0.29) is 33.8 Å². The van der Waals surface area contributed by atoms with Gasteiger partial charge in [-0.25, -0.2) is 0 Å². The van der Waals surface area contributed by atoms with Crippen molar-refractivity contribution in [1.82, 2.24) is 9.13 Å². The standard InChI is InChI=1S/C96H83BN4/c1-92(2,3)68-25-21-24-63(50-68)67-38-47-81-87(54-67)98(69-40-32-61(33-41-69)65-36-45-77-79(52-65)95(8,9)58-93(77,4)5)89-56-72(101-83-29-18-15-26-73(83)74-27-16-19-30-84(74)101)57-90-91(89)97(81)82-48-44-71(100-85-31-20-17-28-75(85)76-51-64(39-49-86(76)100)60-22-13-12-14-23-60)55-88(82)99(90)70-42-34-62(35-43-70)66-37-46-78-80(53-66)96(10,11)59-94(78,6)7/h12-57H,58-59H2,1-11H3. The normalized spacial score (nSPS) is 15.9. The topological polar surface area (TPSA) is 16.3 Å². The second-order valence-electron chi connectivity index (χ2n) is 33.2. The van der Waals surface area contributed by atoms with Crippen molar-refractivity contribution < 1.29 is 0 Å². The summed E-state index contributed by atoms with van der Waals surface area (Å²) in [6.45, 7) is 26.1. The Morgan fingerprint density at radius 3 is 1.20 bits per heavy atom. The number of fused-ring (bicyclic) bond motifs is 12. The highest BCUT2D eigenvalue weighted by Crippen LogP contribution is 2.54. The number of anilines is 6. The van der Waals surface area contributed by atoms with E-state index in [0.717, 1.165) is 52.7 Å². The Hall–Kier alpha value is -10.9. The van der Waals surface area contributed by atoms with Gasteiger partial charge >= 0.3 is 0 Å². The Bertz CT molecular complexity index is 5890. The largest absolute Gasteiger partial charge is 0.311 e. The highest BCUT2D eigenvalue weighted by Gasteiger charge is 2.46. The van der Waals surface area contributed by atoms with Crippen LogP contribution in [0.5, 0.6) is 0 Å². The molecule has 0 atom stereocenters. The van der Waals surface area contributed by atoms with Crippen LogP contribution in [0.2, 0.25) is 0 Å². The van der Waals surface area contributed by atoms with E-state index in [1.807, 2.05) is 0 Å². The van der Waals surface area contributed by atoms with Crippen LogP contribution in [0.1, 0.15) is 117 Å². The fourth-order valence-corrected chi connectivity index (χ4v) is 19.3. The van der Waals surface area contributed by atoms with Crippen LogP contribution in [0, 0.1) is 0 Å². The number of benzene rings is 13. The highest BCUT2D eigenvalue weighted by molar-refractivity contribution is 7.00. The summed E-state index contributed by atoms with van der Waals surface area (Å²) in [4.78, 5) is 5.25. The molecule has 0 amide bonds. The molecule has 4 heterocycles. The van der Waals surface area contributed by atoms with Crippen molar-refractivity contribution in [3.8, 4) is 55.9 Å². The minimum Gasteiger partial charge on any atom is -0.311 e. The maximum Gasteiger partial charge on any atom is 0.252 e. The average Bonchev–Trinajstić information content (AvgIpc) is 1.47. The van der Waals surface area contributed by atoms with E-state index in [9.17, 15) is 0 Å². The molecular weight excluding hydrogens is 1220 g/mol. The first-order chi connectivity index (χ1) is 48.7. The third kappa shape index (κ3) is 9.48. The van der Waals surface area contributed by atoms with Crippen molar-refractivity contribution in [2.75, 3.05) is 9.80 Å². The lowest BCUT2D eigenvalue weighted by molar-refractivity contribution is 0.402. The Morgan fingerprint density at radius 1 is 0.277 bits per heavy atom. The molecule has 19 rings (SSSR count). The van der Waals surface area contributed by atoms with Crippen LogP contribution in [0.25, 0.3) is 99.5 Å². The number of aromatic nitrogens is 2. The zero-order chi connectivity index (χ0) is 68.8. The third-order valence-electron chi connectivity index (χ3n) is 23.6. The maximum absolute atomic E-state index is 2.63. The van der Waals surface area contributed by atoms with Gasteiger partial charge in [-0.05, 0) is 214 Å². The van der Waals surface area contributed by atoms with E-state index in [4.69, 9.17) is 0 Å². The number of rotatable bonds is 8. The molecule has 15 aromatic rings. The van der Waals surface area contributed by atoms with Gasteiger partial charge < -0.3 is 18.9 Å². The SMILES string of the molecule is CC(C)(C)c1cccc(-c2ccc3c(c2)N(c2ccc(-c4ccc5c(c4)C(C)(C)CC5(C)C)cc2)c2cc(-n4c5ccccc5c5ccccc54)cc4c2B3c2ccc(-n3c5ccccc5c5cc(-c6ccccc6)ccc53)cc2N4c2ccc(-c3ccc4c(c3)C(C)(C)CC4(C)C)cc2)c1. The minimum atomic E-state index is -0.156. The quantitative estimate of drug-likeness (QED) is 0.141. The Morgan fingerprint density at radius 2 is 0.653 bits per heavy atom. The molecule has 0 saturated heterocycles. The maximum atomic E-state index is 2.63. The molecule has 0 unspecified atom stereocenters. The van der Waals surface area contributed by atoms with Crippen molar-refractivity contribution in [3.63, 3.8) is 0 Å². The fourth-order valence-electron chi connectivity index (χ4n) is 19.3. The van der Waals surface area contributed by atoms with Gasteiger partial charge in [0.15, 0.2) is 0 Å². The van der Waals surface area contributed by atoms with Crippen molar-refractivity contribution >= 4 is 101 Å². The molecule has 0 radical (unpaired) electrons. The summed E-state index contributed by atoms with van der Waals surface area (Å²) in [7, 11) is 0.